The van der Waals surface area contributed by atoms with E-state index in [1.54, 1.807) is 36.5 Å². The van der Waals surface area contributed by atoms with Crippen molar-refractivity contribution in [2.24, 2.45) is 5.10 Å². The van der Waals surface area contributed by atoms with Gasteiger partial charge in [0.15, 0.2) is 11.5 Å². The van der Waals surface area contributed by atoms with Crippen LogP contribution in [0.4, 0.5) is 0 Å². The number of rotatable bonds is 9. The average molecular weight is 703 g/mol. The quantitative estimate of drug-likeness (QED) is 0.164. The molecule has 0 bridgehead atoms. The zero-order valence-electron chi connectivity index (χ0n) is 20.4. The van der Waals surface area contributed by atoms with E-state index in [1.807, 2.05) is 12.1 Å². The second kappa shape index (κ2) is 12.8. The van der Waals surface area contributed by atoms with Crippen LogP contribution >= 0.6 is 66.7 Å². The van der Waals surface area contributed by atoms with Crippen LogP contribution in [0.5, 0.6) is 11.5 Å². The largest absolute Gasteiger partial charge is 0.493 e. The van der Waals surface area contributed by atoms with Crippen LogP contribution in [-0.2, 0) is 13.0 Å². The molecule has 0 fully saturated rings. The van der Waals surface area contributed by atoms with E-state index in [2.05, 4.69) is 43.9 Å². The van der Waals surface area contributed by atoms with Crippen molar-refractivity contribution in [3.63, 3.8) is 0 Å². The summed E-state index contributed by atoms with van der Waals surface area (Å²) in [6.07, 6.45) is 3.98. The van der Waals surface area contributed by atoms with Crippen molar-refractivity contribution < 1.29 is 9.47 Å². The monoisotopic (exact) mass is 699 g/mol. The molecule has 0 saturated carbocycles. The summed E-state index contributed by atoms with van der Waals surface area (Å²) in [5.41, 5.74) is 1.70. The standard InChI is InChI=1S/C27H22Br2Cl3N3O3/c1-3-4-5-23-34-21-9-7-17(28)11-19(21)27(36)35(23)33-13-16-10-22(37-2)26(25(32)24(16)29)38-14-15-6-8-18(30)12-20(15)31/h6-13H,3-5,14H2,1-2H3. The third-order valence-corrected chi connectivity index (χ3v) is 8.23. The molecule has 4 aromatic rings. The van der Waals surface area contributed by atoms with Gasteiger partial charge in [-0.3, -0.25) is 4.79 Å². The van der Waals surface area contributed by atoms with E-state index in [0.29, 0.717) is 54.7 Å². The van der Waals surface area contributed by atoms with Gasteiger partial charge in [0.25, 0.3) is 5.56 Å². The molecular formula is C27H22Br2Cl3N3O3. The predicted octanol–water partition coefficient (Wildman–Crippen LogP) is 8.69. The van der Waals surface area contributed by atoms with Gasteiger partial charge < -0.3 is 9.47 Å². The summed E-state index contributed by atoms with van der Waals surface area (Å²) >= 11 is 25.9. The van der Waals surface area contributed by atoms with E-state index in [1.165, 1.54) is 11.8 Å². The molecule has 0 saturated heterocycles. The van der Waals surface area contributed by atoms with Gasteiger partial charge in [-0.25, -0.2) is 4.98 Å². The Balaban J connectivity index is 1.72. The van der Waals surface area contributed by atoms with Crippen molar-refractivity contribution in [1.29, 1.82) is 0 Å². The Morgan fingerprint density at radius 1 is 1.11 bits per heavy atom. The number of aromatic nitrogens is 2. The van der Waals surface area contributed by atoms with Gasteiger partial charge in [-0.1, -0.05) is 70.1 Å². The van der Waals surface area contributed by atoms with Crippen molar-refractivity contribution in [1.82, 2.24) is 9.66 Å². The molecule has 0 radical (unpaired) electrons. The molecule has 3 aromatic carbocycles. The first-order chi connectivity index (χ1) is 18.2. The highest BCUT2D eigenvalue weighted by Crippen LogP contribution is 2.42. The van der Waals surface area contributed by atoms with Crippen LogP contribution in [0.3, 0.4) is 0 Å². The summed E-state index contributed by atoms with van der Waals surface area (Å²) in [6, 6.07) is 12.3. The third kappa shape index (κ3) is 6.37. The highest BCUT2D eigenvalue weighted by atomic mass is 79.9. The molecule has 0 N–H and O–H groups in total. The number of benzene rings is 3. The fraction of sp³-hybridized carbons (Fsp3) is 0.222. The Labute approximate surface area is 251 Å². The van der Waals surface area contributed by atoms with Crippen LogP contribution in [0.2, 0.25) is 15.1 Å². The number of unbranched alkanes of at least 4 members (excludes halogenated alkanes) is 1. The number of methoxy groups -OCH3 is 1. The highest BCUT2D eigenvalue weighted by Gasteiger charge is 2.18. The van der Waals surface area contributed by atoms with Gasteiger partial charge in [0.05, 0.1) is 24.2 Å². The molecule has 198 valence electrons. The van der Waals surface area contributed by atoms with E-state index in [0.717, 1.165) is 22.9 Å². The Morgan fingerprint density at radius 2 is 1.89 bits per heavy atom. The Hall–Kier alpha value is -2.10. The molecule has 38 heavy (non-hydrogen) atoms. The molecule has 1 heterocycles. The molecule has 0 aliphatic carbocycles. The lowest BCUT2D eigenvalue weighted by molar-refractivity contribution is 0.284. The molecule has 11 heteroatoms. The SMILES string of the molecule is CCCCc1nc2ccc(Br)cc2c(=O)n1N=Cc1cc(OC)c(OCc2ccc(Cl)cc2Cl)c(Cl)c1Br. The van der Waals surface area contributed by atoms with Gasteiger partial charge in [-0.05, 0) is 58.7 Å². The molecule has 6 nitrogen and oxygen atoms in total. The molecule has 4 rings (SSSR count). The molecule has 0 unspecified atom stereocenters. The van der Waals surface area contributed by atoms with Crippen molar-refractivity contribution in [3.8, 4) is 11.5 Å². The number of halogens is 5. The fourth-order valence-corrected chi connectivity index (χ4v) is 5.18. The van der Waals surface area contributed by atoms with Gasteiger partial charge in [0, 0.05) is 36.5 Å². The lowest BCUT2D eigenvalue weighted by atomic mass is 10.2. The maximum absolute atomic E-state index is 13.4. The summed E-state index contributed by atoms with van der Waals surface area (Å²) in [4.78, 5) is 18.1. The molecule has 0 aliphatic rings. The normalized spacial score (nSPS) is 11.4. The second-order valence-electron chi connectivity index (χ2n) is 8.30. The lowest BCUT2D eigenvalue weighted by Gasteiger charge is -2.16. The summed E-state index contributed by atoms with van der Waals surface area (Å²) in [5, 5.41) is 6.29. The van der Waals surface area contributed by atoms with Gasteiger partial charge in [0.1, 0.15) is 17.5 Å². The number of fused-ring (bicyclic) bond motifs is 1. The maximum Gasteiger partial charge on any atom is 0.282 e. The number of hydrogen-bond donors (Lipinski definition) is 0. The van der Waals surface area contributed by atoms with Crippen molar-refractivity contribution >= 4 is 83.8 Å². The van der Waals surface area contributed by atoms with E-state index in [4.69, 9.17) is 49.3 Å². The van der Waals surface area contributed by atoms with Gasteiger partial charge in [-0.2, -0.15) is 9.78 Å². The first-order valence-electron chi connectivity index (χ1n) is 11.6. The van der Waals surface area contributed by atoms with Crippen LogP contribution in [0, 0.1) is 0 Å². The summed E-state index contributed by atoms with van der Waals surface area (Å²) < 4.78 is 14.2. The average Bonchev–Trinajstić information content (AvgIpc) is 2.89. The van der Waals surface area contributed by atoms with E-state index in [9.17, 15) is 4.79 Å². The fourth-order valence-electron chi connectivity index (χ4n) is 3.70. The van der Waals surface area contributed by atoms with E-state index < -0.39 is 0 Å². The van der Waals surface area contributed by atoms with Gasteiger partial charge >= 0.3 is 0 Å². The number of aryl methyl sites for hydroxylation is 1. The lowest BCUT2D eigenvalue weighted by Crippen LogP contribution is -2.22. The minimum Gasteiger partial charge on any atom is -0.493 e. The predicted molar refractivity (Wildman–Crippen MR) is 162 cm³/mol. The minimum absolute atomic E-state index is 0.153. The van der Waals surface area contributed by atoms with Gasteiger partial charge in [0.2, 0.25) is 0 Å². The van der Waals surface area contributed by atoms with Crippen LogP contribution in [-0.4, -0.2) is 23.0 Å². The zero-order chi connectivity index (χ0) is 27.4. The van der Waals surface area contributed by atoms with Crippen molar-refractivity contribution in [2.75, 3.05) is 7.11 Å². The van der Waals surface area contributed by atoms with Crippen LogP contribution in [0.15, 0.2) is 61.3 Å². The van der Waals surface area contributed by atoms with Gasteiger partial charge in [-0.15, -0.1) is 0 Å². The summed E-state index contributed by atoms with van der Waals surface area (Å²) in [7, 11) is 1.51. The van der Waals surface area contributed by atoms with Crippen LogP contribution < -0.4 is 15.0 Å². The highest BCUT2D eigenvalue weighted by molar-refractivity contribution is 9.10. The van der Waals surface area contributed by atoms with Crippen LogP contribution in [0.25, 0.3) is 10.9 Å². The molecule has 0 aliphatic heterocycles. The van der Waals surface area contributed by atoms with Crippen molar-refractivity contribution in [3.05, 3.63) is 93.8 Å². The Kier molecular flexibility index (Phi) is 9.76. The molecule has 1 aromatic heterocycles. The first kappa shape index (κ1) is 28.9. The Bertz CT molecular complexity index is 1590. The summed E-state index contributed by atoms with van der Waals surface area (Å²) in [5.74, 6) is 1.31. The number of hydrogen-bond acceptors (Lipinski definition) is 5. The minimum atomic E-state index is -0.257. The number of nitrogens with zero attached hydrogens (tertiary/aromatic N) is 3. The summed E-state index contributed by atoms with van der Waals surface area (Å²) in [6.45, 7) is 2.24. The zero-order valence-corrected chi connectivity index (χ0v) is 25.8. The third-order valence-electron chi connectivity index (χ3n) is 5.70. The maximum atomic E-state index is 13.4. The van der Waals surface area contributed by atoms with E-state index in [-0.39, 0.29) is 17.2 Å². The number of ether oxygens (including phenoxy) is 2. The van der Waals surface area contributed by atoms with Crippen LogP contribution in [0.1, 0.15) is 36.7 Å². The first-order valence-corrected chi connectivity index (χ1v) is 14.3. The molecular weight excluding hydrogens is 680 g/mol. The second-order valence-corrected chi connectivity index (χ2v) is 11.2. The topological polar surface area (TPSA) is 65.7 Å². The smallest absolute Gasteiger partial charge is 0.282 e. The Morgan fingerprint density at radius 3 is 2.61 bits per heavy atom. The van der Waals surface area contributed by atoms with E-state index >= 15 is 0 Å². The molecule has 0 atom stereocenters. The molecule has 0 spiro atoms. The molecule has 0 amide bonds. The van der Waals surface area contributed by atoms with Crippen molar-refractivity contribution in [2.45, 2.75) is 32.8 Å².